The van der Waals surface area contributed by atoms with Gasteiger partial charge in [0.15, 0.2) is 0 Å². The lowest BCUT2D eigenvalue weighted by atomic mass is 9.85. The van der Waals surface area contributed by atoms with Crippen molar-refractivity contribution in [1.82, 2.24) is 4.31 Å². The van der Waals surface area contributed by atoms with Gasteiger partial charge in [-0.15, -0.1) is 0 Å². The van der Waals surface area contributed by atoms with Gasteiger partial charge in [-0.2, -0.15) is 0 Å². The second kappa shape index (κ2) is 8.22. The summed E-state index contributed by atoms with van der Waals surface area (Å²) >= 11 is 1.54. The van der Waals surface area contributed by atoms with Crippen LogP contribution >= 0.6 is 11.9 Å². The lowest BCUT2D eigenvalue weighted by Crippen LogP contribution is -2.24. The Morgan fingerprint density at radius 3 is 2.72 bits per heavy atom. The van der Waals surface area contributed by atoms with E-state index in [0.29, 0.717) is 24.4 Å². The Labute approximate surface area is 189 Å². The number of aryl methyl sites for hydroxylation is 1. The topological polar surface area (TPSA) is 49.8 Å². The fourth-order valence-electron chi connectivity index (χ4n) is 4.38. The predicted molar refractivity (Wildman–Crippen MR) is 118 cm³/mol. The Kier molecular flexibility index (Phi) is 5.39. The lowest BCUT2D eigenvalue weighted by molar-refractivity contribution is -0.137. The van der Waals surface area contributed by atoms with Crippen LogP contribution in [0.25, 0.3) is 0 Å². The zero-order valence-corrected chi connectivity index (χ0v) is 18.2. The molecule has 32 heavy (non-hydrogen) atoms. The number of hydrogen-bond acceptors (Lipinski definition) is 4. The summed E-state index contributed by atoms with van der Waals surface area (Å²) in [5.74, 6) is -2.59. The number of aliphatic carboxylic acids is 1. The van der Waals surface area contributed by atoms with Crippen molar-refractivity contribution in [2.75, 3.05) is 6.54 Å². The number of ether oxygens (including phenoxy) is 1. The number of nitrogens with zero attached hydrogens (tertiary/aromatic N) is 1. The number of fused-ring (bicyclic) bond motifs is 8. The van der Waals surface area contributed by atoms with Crippen molar-refractivity contribution in [1.29, 1.82) is 0 Å². The summed E-state index contributed by atoms with van der Waals surface area (Å²) in [6.45, 7) is 2.93. The van der Waals surface area contributed by atoms with Gasteiger partial charge in [0.1, 0.15) is 23.5 Å². The van der Waals surface area contributed by atoms with E-state index < -0.39 is 29.6 Å². The molecule has 2 heterocycles. The summed E-state index contributed by atoms with van der Waals surface area (Å²) in [4.78, 5) is 12.6. The average Bonchev–Trinajstić information content (AvgIpc) is 2.93. The van der Waals surface area contributed by atoms with E-state index in [1.54, 1.807) is 11.9 Å². The number of hydrogen-bond donors (Lipinski definition) is 1. The summed E-state index contributed by atoms with van der Waals surface area (Å²) in [6.07, 6.45) is -0.968. The van der Waals surface area contributed by atoms with Crippen molar-refractivity contribution in [2.24, 2.45) is 0 Å². The van der Waals surface area contributed by atoms with Crippen molar-refractivity contribution in [3.63, 3.8) is 0 Å². The van der Waals surface area contributed by atoms with E-state index >= 15 is 8.78 Å². The van der Waals surface area contributed by atoms with Gasteiger partial charge in [0.05, 0.1) is 17.9 Å². The van der Waals surface area contributed by atoms with Crippen LogP contribution in [-0.2, 0) is 11.3 Å². The Hall–Kier alpha value is -2.90. The molecule has 164 valence electrons. The van der Waals surface area contributed by atoms with Crippen molar-refractivity contribution in [3.05, 3.63) is 94.0 Å². The molecule has 5 rings (SSSR count). The zero-order chi connectivity index (χ0) is 22.4. The molecular weight excluding hydrogens is 432 g/mol. The number of halogens is 2. The number of carboxylic acid groups (broad SMARTS) is 1. The molecular formula is C25H21F2NO3S. The van der Waals surface area contributed by atoms with Gasteiger partial charge in [-0.05, 0) is 59.3 Å². The van der Waals surface area contributed by atoms with Gasteiger partial charge in [0.2, 0.25) is 0 Å². The van der Waals surface area contributed by atoms with Gasteiger partial charge in [-0.25, -0.2) is 13.1 Å². The smallest absolute Gasteiger partial charge is 0.304 e. The molecule has 3 atom stereocenters. The monoisotopic (exact) mass is 453 g/mol. The van der Waals surface area contributed by atoms with E-state index in [0.717, 1.165) is 22.1 Å². The maximum Gasteiger partial charge on any atom is 0.304 e. The largest absolute Gasteiger partial charge is 0.483 e. The highest BCUT2D eigenvalue weighted by molar-refractivity contribution is 7.97. The van der Waals surface area contributed by atoms with Gasteiger partial charge < -0.3 is 9.84 Å². The zero-order valence-electron chi connectivity index (χ0n) is 17.3. The van der Waals surface area contributed by atoms with Crippen molar-refractivity contribution in [3.8, 4) is 5.75 Å². The Balaban J connectivity index is 1.75. The van der Waals surface area contributed by atoms with Crippen LogP contribution in [0.4, 0.5) is 8.78 Å². The molecule has 3 aromatic carbocycles. The summed E-state index contributed by atoms with van der Waals surface area (Å²) in [6, 6.07) is 15.6. The molecule has 3 aromatic rings. The van der Waals surface area contributed by atoms with Crippen LogP contribution in [0, 0.1) is 18.6 Å². The van der Waals surface area contributed by atoms with E-state index in [2.05, 4.69) is 4.31 Å². The maximum absolute atomic E-state index is 15.0. The minimum Gasteiger partial charge on any atom is -0.483 e. The molecule has 0 saturated carbocycles. The second-order valence-electron chi connectivity index (χ2n) is 8.20. The van der Waals surface area contributed by atoms with Gasteiger partial charge in [-0.3, -0.25) is 4.79 Å². The van der Waals surface area contributed by atoms with Crippen molar-refractivity contribution < 1.29 is 23.4 Å². The minimum atomic E-state index is -1.04. The minimum absolute atomic E-state index is 0.167. The summed E-state index contributed by atoms with van der Waals surface area (Å²) in [5.41, 5.74) is 3.16. The molecule has 0 amide bonds. The first-order valence-corrected chi connectivity index (χ1v) is 11.1. The van der Waals surface area contributed by atoms with Gasteiger partial charge in [-0.1, -0.05) is 30.3 Å². The quantitative estimate of drug-likeness (QED) is 0.495. The molecule has 4 nitrogen and oxygen atoms in total. The number of carbonyl (C=O) groups is 1. The first kappa shape index (κ1) is 21.0. The third kappa shape index (κ3) is 3.87. The van der Waals surface area contributed by atoms with Crippen molar-refractivity contribution in [2.45, 2.75) is 36.8 Å². The van der Waals surface area contributed by atoms with E-state index in [9.17, 15) is 9.90 Å². The number of para-hydroxylation sites is 1. The summed E-state index contributed by atoms with van der Waals surface area (Å²) < 4.78 is 38.4. The van der Waals surface area contributed by atoms with Crippen LogP contribution in [0.15, 0.2) is 59.5 Å². The fraction of sp³-hybridized carbons (Fsp3) is 0.240. The summed E-state index contributed by atoms with van der Waals surface area (Å²) in [5, 5.41) is 9.54. The first-order valence-electron chi connectivity index (χ1n) is 10.4. The van der Waals surface area contributed by atoms with Crippen LogP contribution in [-0.4, -0.2) is 21.9 Å². The third-order valence-corrected chi connectivity index (χ3v) is 7.12. The number of rotatable bonds is 2. The SMILES string of the molecule is Cc1ccc2cc1CN1C[C@H](Oc3ccccc3S1)c1cc(c(F)cc1F)C2CC(=O)O. The Morgan fingerprint density at radius 2 is 1.91 bits per heavy atom. The molecule has 0 aromatic heterocycles. The molecule has 0 aliphatic carbocycles. The highest BCUT2D eigenvalue weighted by atomic mass is 32.2. The molecule has 2 aliphatic rings. The Morgan fingerprint density at radius 1 is 1.12 bits per heavy atom. The maximum atomic E-state index is 15.0. The molecule has 2 aliphatic heterocycles. The fourth-order valence-corrected chi connectivity index (χ4v) is 5.42. The highest BCUT2D eigenvalue weighted by Gasteiger charge is 2.31. The molecule has 2 unspecified atom stereocenters. The van der Waals surface area contributed by atoms with E-state index in [1.165, 1.54) is 6.07 Å². The Bertz CT molecular complexity index is 1220. The van der Waals surface area contributed by atoms with E-state index in [4.69, 9.17) is 4.74 Å². The standard InChI is InChI=1S/C25H21F2NO3S/c1-14-6-7-15-8-16(14)12-28-13-23(31-22-4-2-3-5-24(22)32-28)19-9-18(17(15)10-25(29)30)20(26)11-21(19)27/h2-9,11,17,23H,10,12-13H2,1H3,(H,29,30)/t17?,23-/m0/s1. The number of carboxylic acids is 1. The normalized spacial score (nSPS) is 21.5. The number of benzene rings is 3. The molecule has 0 fully saturated rings. The highest BCUT2D eigenvalue weighted by Crippen LogP contribution is 2.43. The molecule has 7 heteroatoms. The van der Waals surface area contributed by atoms with Crippen LogP contribution < -0.4 is 4.74 Å². The van der Waals surface area contributed by atoms with Gasteiger partial charge in [0.25, 0.3) is 0 Å². The molecule has 0 radical (unpaired) electrons. The van der Waals surface area contributed by atoms with Crippen LogP contribution in [0.2, 0.25) is 0 Å². The molecule has 0 saturated heterocycles. The van der Waals surface area contributed by atoms with Gasteiger partial charge in [0, 0.05) is 24.1 Å². The molecule has 1 N–H and O–H groups in total. The van der Waals surface area contributed by atoms with Crippen LogP contribution in [0.1, 0.15) is 46.3 Å². The first-order chi connectivity index (χ1) is 15.4. The van der Waals surface area contributed by atoms with E-state index in [-0.39, 0.29) is 17.5 Å². The second-order valence-corrected chi connectivity index (χ2v) is 9.34. The van der Waals surface area contributed by atoms with Crippen molar-refractivity contribution >= 4 is 17.9 Å². The lowest BCUT2D eigenvalue weighted by Gasteiger charge is -2.24. The molecule has 0 spiro atoms. The van der Waals surface area contributed by atoms with Crippen LogP contribution in [0.3, 0.4) is 0 Å². The van der Waals surface area contributed by atoms with E-state index in [1.807, 2.05) is 49.4 Å². The average molecular weight is 454 g/mol. The van der Waals surface area contributed by atoms with Gasteiger partial charge >= 0.3 is 5.97 Å². The third-order valence-electron chi connectivity index (χ3n) is 6.05. The predicted octanol–water partition coefficient (Wildman–Crippen LogP) is 5.84. The summed E-state index contributed by atoms with van der Waals surface area (Å²) in [7, 11) is 0. The van der Waals surface area contributed by atoms with Crippen LogP contribution in [0.5, 0.6) is 5.75 Å². The molecule has 6 bridgehead atoms.